The molecule has 1 aliphatic carbocycles. The standard InChI is InChI=1S/C14H17ClN2O3/c15-10-5-6-11(16-9-10)12(18)17-14(13(19)20)7-3-1-2-4-8-14/h5-6,9H,1-4,7-8H2,(H,17,18)(H,19,20). The highest BCUT2D eigenvalue weighted by Gasteiger charge is 2.40. The van der Waals surface area contributed by atoms with Crippen LogP contribution in [0.3, 0.4) is 0 Å². The molecule has 0 aromatic carbocycles. The van der Waals surface area contributed by atoms with Crippen molar-refractivity contribution in [1.29, 1.82) is 0 Å². The third-order valence-corrected chi connectivity index (χ3v) is 3.90. The molecule has 1 amide bonds. The van der Waals surface area contributed by atoms with Crippen LogP contribution in [0.1, 0.15) is 49.0 Å². The van der Waals surface area contributed by atoms with E-state index in [1.807, 2.05) is 0 Å². The lowest BCUT2D eigenvalue weighted by atomic mass is 9.90. The van der Waals surface area contributed by atoms with Crippen molar-refractivity contribution in [3.8, 4) is 0 Å². The average Bonchev–Trinajstić information content (AvgIpc) is 2.66. The fraction of sp³-hybridized carbons (Fsp3) is 0.500. The number of aliphatic carboxylic acids is 1. The largest absolute Gasteiger partial charge is 0.480 e. The van der Waals surface area contributed by atoms with E-state index in [2.05, 4.69) is 10.3 Å². The van der Waals surface area contributed by atoms with Crippen LogP contribution in [-0.4, -0.2) is 27.5 Å². The molecule has 1 aliphatic rings. The minimum Gasteiger partial charge on any atom is -0.480 e. The summed E-state index contributed by atoms with van der Waals surface area (Å²) in [5.41, 5.74) is -0.992. The fourth-order valence-electron chi connectivity index (χ4n) is 2.52. The van der Waals surface area contributed by atoms with Gasteiger partial charge in [-0.2, -0.15) is 0 Å². The van der Waals surface area contributed by atoms with Gasteiger partial charge < -0.3 is 10.4 Å². The maximum Gasteiger partial charge on any atom is 0.329 e. The molecule has 0 bridgehead atoms. The maximum absolute atomic E-state index is 12.2. The number of halogens is 1. The SMILES string of the molecule is O=C(NC1(C(=O)O)CCCCCC1)c1ccc(Cl)cn1. The first-order valence-corrected chi connectivity index (χ1v) is 7.09. The molecule has 0 spiro atoms. The van der Waals surface area contributed by atoms with Crippen molar-refractivity contribution in [1.82, 2.24) is 10.3 Å². The van der Waals surface area contributed by atoms with Crippen LogP contribution < -0.4 is 5.32 Å². The number of amides is 1. The zero-order valence-electron chi connectivity index (χ0n) is 11.1. The van der Waals surface area contributed by atoms with Crippen molar-refractivity contribution in [3.05, 3.63) is 29.0 Å². The van der Waals surface area contributed by atoms with Crippen molar-refractivity contribution in [3.63, 3.8) is 0 Å². The van der Waals surface area contributed by atoms with Gasteiger partial charge in [0.25, 0.3) is 5.91 Å². The molecule has 1 aromatic rings. The van der Waals surface area contributed by atoms with E-state index in [0.29, 0.717) is 17.9 Å². The molecular formula is C14H17ClN2O3. The number of carbonyl (C=O) groups excluding carboxylic acids is 1. The van der Waals surface area contributed by atoms with Gasteiger partial charge in [-0.25, -0.2) is 9.78 Å². The molecule has 0 unspecified atom stereocenters. The average molecular weight is 297 g/mol. The predicted molar refractivity (Wildman–Crippen MR) is 74.8 cm³/mol. The van der Waals surface area contributed by atoms with E-state index in [4.69, 9.17) is 11.6 Å². The van der Waals surface area contributed by atoms with E-state index < -0.39 is 17.4 Å². The lowest BCUT2D eigenvalue weighted by molar-refractivity contribution is -0.145. The second-order valence-corrected chi connectivity index (χ2v) is 5.55. The number of rotatable bonds is 3. The van der Waals surface area contributed by atoms with Gasteiger partial charge in [0.2, 0.25) is 0 Å². The Morgan fingerprint density at radius 3 is 2.35 bits per heavy atom. The van der Waals surface area contributed by atoms with Crippen LogP contribution in [-0.2, 0) is 4.79 Å². The van der Waals surface area contributed by atoms with Gasteiger partial charge in [-0.05, 0) is 25.0 Å². The normalized spacial score (nSPS) is 18.1. The van der Waals surface area contributed by atoms with Gasteiger partial charge >= 0.3 is 5.97 Å². The van der Waals surface area contributed by atoms with Crippen molar-refractivity contribution in [2.24, 2.45) is 0 Å². The number of pyridine rings is 1. The number of carboxylic acid groups (broad SMARTS) is 1. The molecule has 2 rings (SSSR count). The summed E-state index contributed by atoms with van der Waals surface area (Å²) in [5, 5.41) is 12.6. The Morgan fingerprint density at radius 2 is 1.85 bits per heavy atom. The van der Waals surface area contributed by atoms with Gasteiger partial charge in [-0.1, -0.05) is 37.3 Å². The zero-order chi connectivity index (χ0) is 14.6. The number of nitrogens with zero attached hydrogens (tertiary/aromatic N) is 1. The lowest BCUT2D eigenvalue weighted by Gasteiger charge is -2.29. The van der Waals surface area contributed by atoms with Gasteiger partial charge in [-0.15, -0.1) is 0 Å². The summed E-state index contributed by atoms with van der Waals surface area (Å²) in [5.74, 6) is -1.44. The Labute approximate surface area is 122 Å². The van der Waals surface area contributed by atoms with E-state index >= 15 is 0 Å². The second-order valence-electron chi connectivity index (χ2n) is 5.12. The van der Waals surface area contributed by atoms with Gasteiger partial charge in [0.15, 0.2) is 0 Å². The van der Waals surface area contributed by atoms with Gasteiger partial charge in [0.05, 0.1) is 5.02 Å². The summed E-state index contributed by atoms with van der Waals surface area (Å²) in [6.45, 7) is 0. The Balaban J connectivity index is 2.17. The number of carbonyl (C=O) groups is 2. The third-order valence-electron chi connectivity index (χ3n) is 3.68. The molecule has 1 fully saturated rings. The van der Waals surface area contributed by atoms with Crippen LogP contribution in [0.5, 0.6) is 0 Å². The first kappa shape index (κ1) is 14.8. The van der Waals surface area contributed by atoms with Crippen LogP contribution >= 0.6 is 11.6 Å². The highest BCUT2D eigenvalue weighted by Crippen LogP contribution is 2.27. The van der Waals surface area contributed by atoms with Crippen molar-refractivity contribution in [2.45, 2.75) is 44.1 Å². The summed E-state index contributed by atoms with van der Waals surface area (Å²) >= 11 is 5.72. The highest BCUT2D eigenvalue weighted by molar-refractivity contribution is 6.30. The minimum absolute atomic E-state index is 0.180. The number of carboxylic acids is 1. The Bertz CT molecular complexity index is 494. The van der Waals surface area contributed by atoms with Gasteiger partial charge in [0, 0.05) is 6.20 Å². The Morgan fingerprint density at radius 1 is 1.20 bits per heavy atom. The maximum atomic E-state index is 12.2. The predicted octanol–water partition coefficient (Wildman–Crippen LogP) is 2.64. The molecular weight excluding hydrogens is 280 g/mol. The molecule has 1 aromatic heterocycles. The topological polar surface area (TPSA) is 79.3 Å². The summed E-state index contributed by atoms with van der Waals surface area (Å²) in [6.07, 6.45) is 5.91. The number of hydrogen-bond donors (Lipinski definition) is 2. The molecule has 0 radical (unpaired) electrons. The molecule has 0 aliphatic heterocycles. The first-order valence-electron chi connectivity index (χ1n) is 6.71. The quantitative estimate of drug-likeness (QED) is 0.840. The van der Waals surface area contributed by atoms with Crippen molar-refractivity contribution < 1.29 is 14.7 Å². The molecule has 2 N–H and O–H groups in total. The van der Waals surface area contributed by atoms with E-state index in [1.165, 1.54) is 12.3 Å². The lowest BCUT2D eigenvalue weighted by Crippen LogP contribution is -2.54. The van der Waals surface area contributed by atoms with Gasteiger partial charge in [-0.3, -0.25) is 4.79 Å². The fourth-order valence-corrected chi connectivity index (χ4v) is 2.63. The van der Waals surface area contributed by atoms with E-state index in [-0.39, 0.29) is 5.69 Å². The van der Waals surface area contributed by atoms with E-state index in [1.54, 1.807) is 6.07 Å². The summed E-state index contributed by atoms with van der Waals surface area (Å²) in [6, 6.07) is 3.05. The molecule has 0 atom stereocenters. The van der Waals surface area contributed by atoms with Crippen LogP contribution in [0.4, 0.5) is 0 Å². The molecule has 0 saturated heterocycles. The minimum atomic E-state index is -1.17. The molecule has 5 nitrogen and oxygen atoms in total. The Kier molecular flexibility index (Phi) is 4.60. The summed E-state index contributed by atoms with van der Waals surface area (Å²) in [7, 11) is 0. The van der Waals surface area contributed by atoms with E-state index in [0.717, 1.165) is 25.7 Å². The van der Waals surface area contributed by atoms with Crippen LogP contribution in [0.25, 0.3) is 0 Å². The number of hydrogen-bond acceptors (Lipinski definition) is 3. The molecule has 1 heterocycles. The molecule has 108 valence electrons. The summed E-state index contributed by atoms with van der Waals surface area (Å²) in [4.78, 5) is 27.7. The van der Waals surface area contributed by atoms with E-state index in [9.17, 15) is 14.7 Å². The molecule has 1 saturated carbocycles. The zero-order valence-corrected chi connectivity index (χ0v) is 11.8. The third kappa shape index (κ3) is 3.28. The second kappa shape index (κ2) is 6.22. The Hall–Kier alpha value is -1.62. The number of nitrogens with one attached hydrogen (secondary N) is 1. The van der Waals surface area contributed by atoms with Gasteiger partial charge in [0.1, 0.15) is 11.2 Å². The highest BCUT2D eigenvalue weighted by atomic mass is 35.5. The number of aromatic nitrogens is 1. The van der Waals surface area contributed by atoms with Crippen molar-refractivity contribution >= 4 is 23.5 Å². The van der Waals surface area contributed by atoms with Crippen LogP contribution in [0.2, 0.25) is 5.02 Å². The molecule has 6 heteroatoms. The molecule has 20 heavy (non-hydrogen) atoms. The van der Waals surface area contributed by atoms with Crippen LogP contribution in [0.15, 0.2) is 18.3 Å². The first-order chi connectivity index (χ1) is 9.53. The monoisotopic (exact) mass is 296 g/mol. The summed E-state index contributed by atoms with van der Waals surface area (Å²) < 4.78 is 0. The smallest absolute Gasteiger partial charge is 0.329 e. The van der Waals surface area contributed by atoms with Crippen LogP contribution in [0, 0.1) is 0 Å². The van der Waals surface area contributed by atoms with Crippen molar-refractivity contribution in [2.75, 3.05) is 0 Å².